The summed E-state index contributed by atoms with van der Waals surface area (Å²) in [7, 11) is 0. The first-order valence-corrected chi connectivity index (χ1v) is 6.00. The molecule has 0 aliphatic rings. The molecule has 0 spiro atoms. The molecule has 4 atom stereocenters. The fraction of sp³-hybridized carbons (Fsp3) is 0.385. The largest absolute Gasteiger partial charge is 0.508 e. The smallest absolute Gasteiger partial charge is 0.234 e. The first kappa shape index (κ1) is 17.2. The number of hydrogen-bond acceptors (Lipinski definition) is 8. The third-order valence-electron chi connectivity index (χ3n) is 2.86. The summed E-state index contributed by atoms with van der Waals surface area (Å²) in [5.41, 5.74) is -0.205. The lowest BCUT2D eigenvalue weighted by Gasteiger charge is -2.24. The van der Waals surface area contributed by atoms with Crippen molar-refractivity contribution in [1.82, 2.24) is 0 Å². The summed E-state index contributed by atoms with van der Waals surface area (Å²) in [4.78, 5) is 23.5. The Morgan fingerprint density at radius 3 is 2.19 bits per heavy atom. The highest BCUT2D eigenvalue weighted by Gasteiger charge is 2.37. The Balaban J connectivity index is 2.85. The van der Waals surface area contributed by atoms with Crippen molar-refractivity contribution in [1.29, 1.82) is 0 Å². The molecule has 8 heteroatoms. The van der Waals surface area contributed by atoms with E-state index >= 15 is 0 Å². The third kappa shape index (κ3) is 4.06. The van der Waals surface area contributed by atoms with Gasteiger partial charge in [-0.1, -0.05) is 12.1 Å². The molecular weight excluding hydrogens is 284 g/mol. The van der Waals surface area contributed by atoms with E-state index in [1.54, 1.807) is 0 Å². The number of phenolic OH excluding ortho intramolecular Hbond substituents is 1. The van der Waals surface area contributed by atoms with Crippen LogP contribution >= 0.6 is 0 Å². The van der Waals surface area contributed by atoms with Crippen LogP contribution in [0.15, 0.2) is 24.3 Å². The van der Waals surface area contributed by atoms with Crippen LogP contribution in [0.4, 0.5) is 0 Å². The van der Waals surface area contributed by atoms with E-state index in [4.69, 9.17) is 10.2 Å². The number of hydrogen-bond donors (Lipinski definition) is 6. The van der Waals surface area contributed by atoms with Crippen LogP contribution in [0.25, 0.3) is 0 Å². The standard InChI is InChI=1S/C13H16O8/c14-5-8(16)10(18)12(20)13(21)11(19)9(17)6-2-1-3-7(15)4-6/h1-4,8,10,12-16,18,20-21H,5H2/t8-,10-,12+,13+/m1/s1. The minimum absolute atomic E-state index is 0.205. The monoisotopic (exact) mass is 300 g/mol. The number of aliphatic hydroxyl groups is 5. The summed E-state index contributed by atoms with van der Waals surface area (Å²) in [6, 6.07) is 4.80. The maximum Gasteiger partial charge on any atom is 0.234 e. The Hall–Kier alpha value is -1.84. The summed E-state index contributed by atoms with van der Waals surface area (Å²) in [6.07, 6.45) is -8.22. The van der Waals surface area contributed by atoms with Crippen molar-refractivity contribution >= 4 is 11.6 Å². The number of carbonyl (C=O) groups is 2. The second-order valence-electron chi connectivity index (χ2n) is 4.42. The number of ketones is 2. The highest BCUT2D eigenvalue weighted by Crippen LogP contribution is 2.14. The predicted octanol–water partition coefficient (Wildman–Crippen LogP) is -2.42. The first-order chi connectivity index (χ1) is 9.79. The van der Waals surface area contributed by atoms with E-state index in [1.807, 2.05) is 0 Å². The molecule has 0 amide bonds. The molecule has 116 valence electrons. The normalized spacial score (nSPS) is 16.8. The van der Waals surface area contributed by atoms with Crippen molar-refractivity contribution in [2.24, 2.45) is 0 Å². The molecule has 21 heavy (non-hydrogen) atoms. The van der Waals surface area contributed by atoms with Crippen LogP contribution in [0.1, 0.15) is 10.4 Å². The van der Waals surface area contributed by atoms with Crippen molar-refractivity contribution in [3.8, 4) is 5.75 Å². The highest BCUT2D eigenvalue weighted by molar-refractivity contribution is 6.45. The molecule has 0 saturated carbocycles. The van der Waals surface area contributed by atoms with Crippen molar-refractivity contribution in [2.75, 3.05) is 6.61 Å². The van der Waals surface area contributed by atoms with E-state index in [2.05, 4.69) is 0 Å². The Bertz CT molecular complexity index is 515. The van der Waals surface area contributed by atoms with Gasteiger partial charge in [0.2, 0.25) is 11.6 Å². The number of Topliss-reactive ketones (excluding diaryl/α,β-unsaturated/α-hetero) is 2. The Morgan fingerprint density at radius 2 is 1.67 bits per heavy atom. The van der Waals surface area contributed by atoms with Crippen LogP contribution in [0.3, 0.4) is 0 Å². The molecule has 6 N–H and O–H groups in total. The minimum atomic E-state index is -2.28. The number of carbonyl (C=O) groups excluding carboxylic acids is 2. The first-order valence-electron chi connectivity index (χ1n) is 6.00. The molecule has 1 aromatic carbocycles. The molecular formula is C13H16O8. The van der Waals surface area contributed by atoms with Gasteiger partial charge in [0.25, 0.3) is 0 Å². The average molecular weight is 300 g/mol. The average Bonchev–Trinajstić information content (AvgIpc) is 2.50. The number of rotatable bonds is 7. The zero-order valence-corrected chi connectivity index (χ0v) is 10.8. The van der Waals surface area contributed by atoms with Crippen molar-refractivity contribution in [2.45, 2.75) is 24.4 Å². The Morgan fingerprint density at radius 1 is 1.05 bits per heavy atom. The quantitative estimate of drug-likeness (QED) is 0.240. The SMILES string of the molecule is O=C(C(=O)[C@H](O)[C@@H](O)[C@H](O)[C@H](O)CO)c1cccc(O)c1. The zero-order valence-electron chi connectivity index (χ0n) is 10.8. The number of phenols is 1. The maximum atomic E-state index is 11.8. The van der Waals surface area contributed by atoms with E-state index in [-0.39, 0.29) is 11.3 Å². The Labute approximate surface area is 119 Å². The lowest BCUT2D eigenvalue weighted by atomic mass is 9.96. The summed E-state index contributed by atoms with van der Waals surface area (Å²) in [5, 5.41) is 55.4. The molecule has 0 fully saturated rings. The van der Waals surface area contributed by atoms with Gasteiger partial charge in [-0.3, -0.25) is 9.59 Å². The summed E-state index contributed by atoms with van der Waals surface area (Å²) in [6.45, 7) is -0.903. The van der Waals surface area contributed by atoms with Crippen molar-refractivity contribution < 1.29 is 40.2 Å². The molecule has 0 heterocycles. The van der Waals surface area contributed by atoms with Crippen LogP contribution in [0, 0.1) is 0 Å². The van der Waals surface area contributed by atoms with Gasteiger partial charge in [0, 0.05) is 5.56 Å². The summed E-state index contributed by atoms with van der Waals surface area (Å²) < 4.78 is 0. The van der Waals surface area contributed by atoms with E-state index in [9.17, 15) is 30.0 Å². The second kappa shape index (κ2) is 7.25. The van der Waals surface area contributed by atoms with E-state index in [1.165, 1.54) is 18.2 Å². The second-order valence-corrected chi connectivity index (χ2v) is 4.42. The maximum absolute atomic E-state index is 11.8. The van der Waals surface area contributed by atoms with Crippen molar-refractivity contribution in [3.05, 3.63) is 29.8 Å². The highest BCUT2D eigenvalue weighted by atomic mass is 16.4. The summed E-state index contributed by atoms with van der Waals surface area (Å²) in [5.74, 6) is -2.86. The van der Waals surface area contributed by atoms with Gasteiger partial charge in [-0.2, -0.15) is 0 Å². The minimum Gasteiger partial charge on any atom is -0.508 e. The van der Waals surface area contributed by atoms with Crippen molar-refractivity contribution in [3.63, 3.8) is 0 Å². The summed E-state index contributed by atoms with van der Waals surface area (Å²) >= 11 is 0. The topological polar surface area (TPSA) is 156 Å². The molecule has 0 radical (unpaired) electrons. The lowest BCUT2D eigenvalue weighted by Crippen LogP contribution is -2.50. The van der Waals surface area contributed by atoms with Gasteiger partial charge in [-0.15, -0.1) is 0 Å². The fourth-order valence-electron chi connectivity index (χ4n) is 1.60. The van der Waals surface area contributed by atoms with E-state index < -0.39 is 42.6 Å². The molecule has 0 aliphatic heterocycles. The molecule has 0 aromatic heterocycles. The van der Waals surface area contributed by atoms with Crippen LogP contribution in [-0.4, -0.2) is 73.2 Å². The molecule has 1 aromatic rings. The van der Waals surface area contributed by atoms with E-state index in [0.29, 0.717) is 0 Å². The molecule has 0 saturated heterocycles. The van der Waals surface area contributed by atoms with Gasteiger partial charge >= 0.3 is 0 Å². The predicted molar refractivity (Wildman–Crippen MR) is 68.6 cm³/mol. The molecule has 8 nitrogen and oxygen atoms in total. The number of aliphatic hydroxyl groups excluding tert-OH is 5. The van der Waals surface area contributed by atoms with Gasteiger partial charge in [0.1, 0.15) is 30.2 Å². The Kier molecular flexibility index (Phi) is 5.94. The van der Waals surface area contributed by atoms with Gasteiger partial charge in [-0.05, 0) is 12.1 Å². The van der Waals surface area contributed by atoms with Crippen LogP contribution in [0.5, 0.6) is 5.75 Å². The van der Waals surface area contributed by atoms with E-state index in [0.717, 1.165) is 6.07 Å². The molecule has 0 aliphatic carbocycles. The van der Waals surface area contributed by atoms with Gasteiger partial charge in [0.15, 0.2) is 0 Å². The number of aromatic hydroxyl groups is 1. The zero-order chi connectivity index (χ0) is 16.2. The van der Waals surface area contributed by atoms with Crippen LogP contribution in [-0.2, 0) is 4.79 Å². The van der Waals surface area contributed by atoms with Gasteiger partial charge in [0.05, 0.1) is 6.61 Å². The van der Waals surface area contributed by atoms with Gasteiger partial charge < -0.3 is 30.6 Å². The molecule has 1 rings (SSSR count). The molecule has 0 unspecified atom stereocenters. The number of benzene rings is 1. The fourth-order valence-corrected chi connectivity index (χ4v) is 1.60. The lowest BCUT2D eigenvalue weighted by molar-refractivity contribution is -0.142. The third-order valence-corrected chi connectivity index (χ3v) is 2.86. The van der Waals surface area contributed by atoms with Crippen LogP contribution < -0.4 is 0 Å². The molecule has 0 bridgehead atoms. The van der Waals surface area contributed by atoms with Gasteiger partial charge in [-0.25, -0.2) is 0 Å². The van der Waals surface area contributed by atoms with Crippen LogP contribution in [0.2, 0.25) is 0 Å².